The van der Waals surface area contributed by atoms with Crippen molar-refractivity contribution in [2.45, 2.75) is 12.8 Å². The van der Waals surface area contributed by atoms with E-state index < -0.39 is 0 Å². The number of aryl methyl sites for hydroxylation is 1. The molecular formula is C13H12Br2N2O2. The molecule has 0 atom stereocenters. The molecule has 0 saturated carbocycles. The minimum atomic E-state index is -0.206. The molecule has 100 valence electrons. The standard InChI is InChI=1S/C13H12Br2N2O2/c14-8-1-4-10(11(15)7-8)12-5-2-9(19-12)3-6-13(18)17-16/h1-2,4-5,7H,3,6,16H2,(H,17,18). The predicted octanol–water partition coefficient (Wildman–Crippen LogP) is 3.39. The van der Waals surface area contributed by atoms with Crippen LogP contribution < -0.4 is 11.3 Å². The maximum Gasteiger partial charge on any atom is 0.234 e. The number of nitrogens with one attached hydrogen (secondary N) is 1. The second-order valence-corrected chi connectivity index (χ2v) is 5.73. The van der Waals surface area contributed by atoms with Crippen LogP contribution in [0.1, 0.15) is 12.2 Å². The van der Waals surface area contributed by atoms with E-state index in [-0.39, 0.29) is 5.91 Å². The number of carbonyl (C=O) groups excluding carboxylic acids is 1. The largest absolute Gasteiger partial charge is 0.461 e. The molecule has 0 aliphatic rings. The van der Waals surface area contributed by atoms with Crippen molar-refractivity contribution in [2.24, 2.45) is 5.84 Å². The smallest absolute Gasteiger partial charge is 0.234 e. The van der Waals surface area contributed by atoms with Crippen molar-refractivity contribution in [1.82, 2.24) is 5.43 Å². The lowest BCUT2D eigenvalue weighted by atomic mass is 10.2. The Morgan fingerprint density at radius 3 is 2.74 bits per heavy atom. The van der Waals surface area contributed by atoms with E-state index in [4.69, 9.17) is 10.3 Å². The van der Waals surface area contributed by atoms with Crippen molar-refractivity contribution < 1.29 is 9.21 Å². The summed E-state index contributed by atoms with van der Waals surface area (Å²) in [6.45, 7) is 0. The van der Waals surface area contributed by atoms with Gasteiger partial charge >= 0.3 is 0 Å². The third kappa shape index (κ3) is 3.68. The third-order valence-corrected chi connectivity index (χ3v) is 3.77. The number of furan rings is 1. The Kier molecular flexibility index (Phi) is 4.79. The molecule has 0 fully saturated rings. The Balaban J connectivity index is 2.14. The molecule has 1 amide bonds. The Morgan fingerprint density at radius 2 is 2.05 bits per heavy atom. The number of hydrazine groups is 1. The Hall–Kier alpha value is -1.11. The van der Waals surface area contributed by atoms with Crippen molar-refractivity contribution in [1.29, 1.82) is 0 Å². The van der Waals surface area contributed by atoms with Crippen LogP contribution in [0.3, 0.4) is 0 Å². The van der Waals surface area contributed by atoms with Crippen molar-refractivity contribution in [2.75, 3.05) is 0 Å². The number of nitrogens with two attached hydrogens (primary N) is 1. The lowest BCUT2D eigenvalue weighted by Crippen LogP contribution is -2.30. The van der Waals surface area contributed by atoms with Gasteiger partial charge in [-0.05, 0) is 46.3 Å². The molecule has 0 spiro atoms. The molecule has 0 radical (unpaired) electrons. The number of halogens is 2. The van der Waals surface area contributed by atoms with Crippen LogP contribution in [0.5, 0.6) is 0 Å². The molecule has 6 heteroatoms. The summed E-state index contributed by atoms with van der Waals surface area (Å²) in [6, 6.07) is 9.63. The summed E-state index contributed by atoms with van der Waals surface area (Å²) < 4.78 is 7.66. The van der Waals surface area contributed by atoms with E-state index in [9.17, 15) is 4.79 Å². The lowest BCUT2D eigenvalue weighted by molar-refractivity contribution is -0.121. The molecule has 19 heavy (non-hydrogen) atoms. The van der Waals surface area contributed by atoms with Crippen LogP contribution in [0.15, 0.2) is 43.7 Å². The van der Waals surface area contributed by atoms with Crippen LogP contribution in [0.25, 0.3) is 11.3 Å². The molecular weight excluding hydrogens is 376 g/mol. The second kappa shape index (κ2) is 6.36. The highest BCUT2D eigenvalue weighted by Crippen LogP contribution is 2.32. The first kappa shape index (κ1) is 14.3. The fourth-order valence-electron chi connectivity index (χ4n) is 1.66. The van der Waals surface area contributed by atoms with Crippen LogP contribution in [-0.4, -0.2) is 5.91 Å². The molecule has 0 bridgehead atoms. The van der Waals surface area contributed by atoms with Gasteiger partial charge in [-0.25, -0.2) is 5.84 Å². The number of rotatable bonds is 4. The van der Waals surface area contributed by atoms with E-state index in [0.717, 1.165) is 26.0 Å². The first-order valence-electron chi connectivity index (χ1n) is 5.63. The van der Waals surface area contributed by atoms with Crippen LogP contribution in [0.2, 0.25) is 0 Å². The SMILES string of the molecule is NNC(=O)CCc1ccc(-c2ccc(Br)cc2Br)o1. The zero-order valence-electron chi connectivity index (χ0n) is 9.95. The van der Waals surface area contributed by atoms with E-state index in [2.05, 4.69) is 37.3 Å². The summed E-state index contributed by atoms with van der Waals surface area (Å²) in [5.74, 6) is 6.34. The minimum Gasteiger partial charge on any atom is -0.461 e. The molecule has 1 aromatic heterocycles. The molecule has 4 nitrogen and oxygen atoms in total. The lowest BCUT2D eigenvalue weighted by Gasteiger charge is -2.02. The summed E-state index contributed by atoms with van der Waals surface area (Å²) in [4.78, 5) is 11.1. The molecule has 0 saturated heterocycles. The Morgan fingerprint density at radius 1 is 1.26 bits per heavy atom. The monoisotopic (exact) mass is 386 g/mol. The number of hydrogen-bond donors (Lipinski definition) is 2. The van der Waals surface area contributed by atoms with E-state index in [1.54, 1.807) is 0 Å². The predicted molar refractivity (Wildman–Crippen MR) is 80.2 cm³/mol. The summed E-state index contributed by atoms with van der Waals surface area (Å²) in [7, 11) is 0. The van der Waals surface area contributed by atoms with Crippen LogP contribution >= 0.6 is 31.9 Å². The van der Waals surface area contributed by atoms with Gasteiger partial charge in [0.2, 0.25) is 5.91 Å². The summed E-state index contributed by atoms with van der Waals surface area (Å²) in [5, 5.41) is 0. The van der Waals surface area contributed by atoms with Gasteiger partial charge < -0.3 is 4.42 Å². The normalized spacial score (nSPS) is 10.5. The van der Waals surface area contributed by atoms with Gasteiger partial charge in [0, 0.05) is 27.4 Å². The molecule has 1 heterocycles. The number of carbonyl (C=O) groups is 1. The highest BCUT2D eigenvalue weighted by Gasteiger charge is 2.09. The molecule has 2 aromatic rings. The highest BCUT2D eigenvalue weighted by atomic mass is 79.9. The van der Waals surface area contributed by atoms with E-state index >= 15 is 0 Å². The van der Waals surface area contributed by atoms with Crippen LogP contribution in [0, 0.1) is 0 Å². The average molecular weight is 388 g/mol. The van der Waals surface area contributed by atoms with Crippen molar-refractivity contribution in [3.63, 3.8) is 0 Å². The third-order valence-electron chi connectivity index (χ3n) is 2.62. The van der Waals surface area contributed by atoms with Gasteiger partial charge in [0.15, 0.2) is 0 Å². The molecule has 3 N–H and O–H groups in total. The maximum absolute atomic E-state index is 11.1. The van der Waals surface area contributed by atoms with E-state index in [1.165, 1.54) is 0 Å². The van der Waals surface area contributed by atoms with Gasteiger partial charge in [-0.15, -0.1) is 0 Å². The van der Waals surface area contributed by atoms with Gasteiger partial charge in [0.1, 0.15) is 11.5 Å². The van der Waals surface area contributed by atoms with Crippen LogP contribution in [0.4, 0.5) is 0 Å². The molecule has 2 rings (SSSR count). The zero-order valence-corrected chi connectivity index (χ0v) is 13.1. The van der Waals surface area contributed by atoms with Gasteiger partial charge in [-0.2, -0.15) is 0 Å². The fourth-order valence-corrected chi connectivity index (χ4v) is 2.90. The number of benzene rings is 1. The van der Waals surface area contributed by atoms with Gasteiger partial charge in [-0.3, -0.25) is 10.2 Å². The minimum absolute atomic E-state index is 0.206. The molecule has 1 aromatic carbocycles. The van der Waals surface area contributed by atoms with E-state index in [0.29, 0.717) is 12.8 Å². The zero-order chi connectivity index (χ0) is 13.8. The first-order valence-corrected chi connectivity index (χ1v) is 7.22. The topological polar surface area (TPSA) is 68.3 Å². The maximum atomic E-state index is 11.1. The summed E-state index contributed by atoms with van der Waals surface area (Å²) in [5.41, 5.74) is 3.07. The second-order valence-electron chi connectivity index (χ2n) is 3.96. The Bertz CT molecular complexity index is 596. The summed E-state index contributed by atoms with van der Waals surface area (Å²) >= 11 is 6.90. The highest BCUT2D eigenvalue weighted by molar-refractivity contribution is 9.11. The van der Waals surface area contributed by atoms with E-state index in [1.807, 2.05) is 30.3 Å². The van der Waals surface area contributed by atoms with Crippen molar-refractivity contribution in [3.05, 3.63) is 45.0 Å². The van der Waals surface area contributed by atoms with Gasteiger partial charge in [-0.1, -0.05) is 15.9 Å². The molecule has 0 unspecified atom stereocenters. The summed E-state index contributed by atoms with van der Waals surface area (Å²) in [6.07, 6.45) is 0.835. The molecule has 0 aliphatic heterocycles. The van der Waals surface area contributed by atoms with Gasteiger partial charge in [0.25, 0.3) is 0 Å². The molecule has 0 aliphatic carbocycles. The quantitative estimate of drug-likeness (QED) is 0.480. The van der Waals surface area contributed by atoms with Crippen LogP contribution in [-0.2, 0) is 11.2 Å². The van der Waals surface area contributed by atoms with Crippen molar-refractivity contribution in [3.8, 4) is 11.3 Å². The van der Waals surface area contributed by atoms with Crippen molar-refractivity contribution >= 4 is 37.8 Å². The average Bonchev–Trinajstić information content (AvgIpc) is 2.84. The number of hydrogen-bond acceptors (Lipinski definition) is 3. The number of amides is 1. The Labute approximate surface area is 127 Å². The first-order chi connectivity index (χ1) is 9.10. The van der Waals surface area contributed by atoms with Gasteiger partial charge in [0.05, 0.1) is 0 Å². The fraction of sp³-hybridized carbons (Fsp3) is 0.154.